The molecule has 1 aromatic heterocycles. The number of ether oxygens (including phenoxy) is 1. The number of para-hydroxylation sites is 1. The molecular weight excluding hydrogens is 324 g/mol. The number of likely N-dealkylation sites (N-methyl/N-ethyl adjacent to an activating group) is 1. The van der Waals surface area contributed by atoms with Crippen molar-refractivity contribution in [3.63, 3.8) is 0 Å². The number of H-pyrrole nitrogens is 1. The molecule has 1 N–H and O–H groups in total. The zero-order valence-corrected chi connectivity index (χ0v) is 16.1. The van der Waals surface area contributed by atoms with E-state index in [1.165, 1.54) is 5.56 Å². The second-order valence-electron chi connectivity index (χ2n) is 6.88. The van der Waals surface area contributed by atoms with Gasteiger partial charge in [-0.2, -0.15) is 0 Å². The van der Waals surface area contributed by atoms with Crippen LogP contribution in [0.1, 0.15) is 35.3 Å². The number of hydrogen-bond donors (Lipinski definition) is 1. The predicted molar refractivity (Wildman–Crippen MR) is 106 cm³/mol. The van der Waals surface area contributed by atoms with Crippen molar-refractivity contribution in [3.05, 3.63) is 64.8 Å². The van der Waals surface area contributed by atoms with E-state index in [9.17, 15) is 4.79 Å². The van der Waals surface area contributed by atoms with Gasteiger partial charge >= 0.3 is 0 Å². The molecule has 1 unspecified atom stereocenters. The minimum Gasteiger partial charge on any atom is -0.496 e. The first kappa shape index (κ1) is 18.1. The van der Waals surface area contributed by atoms with E-state index in [1.807, 2.05) is 45.2 Å². The fraction of sp³-hybridized carbons (Fsp3) is 0.318. The molecule has 26 heavy (non-hydrogen) atoms. The van der Waals surface area contributed by atoms with Gasteiger partial charge in [-0.25, -0.2) is 0 Å². The molecule has 136 valence electrons. The number of hydrogen-bond acceptors (Lipinski definition) is 2. The topological polar surface area (TPSA) is 45.3 Å². The number of aryl methyl sites for hydroxylation is 2. The summed E-state index contributed by atoms with van der Waals surface area (Å²) in [6.45, 7) is 6.13. The molecule has 0 saturated heterocycles. The highest BCUT2D eigenvalue weighted by Crippen LogP contribution is 2.29. The first-order chi connectivity index (χ1) is 12.4. The molecule has 0 radical (unpaired) electrons. The Morgan fingerprint density at radius 1 is 1.19 bits per heavy atom. The number of aromatic nitrogens is 1. The number of amides is 1. The van der Waals surface area contributed by atoms with Gasteiger partial charge in [0.1, 0.15) is 5.75 Å². The first-order valence-corrected chi connectivity index (χ1v) is 8.88. The van der Waals surface area contributed by atoms with Crippen LogP contribution in [0.25, 0.3) is 10.9 Å². The van der Waals surface area contributed by atoms with Gasteiger partial charge in [-0.1, -0.05) is 29.8 Å². The summed E-state index contributed by atoms with van der Waals surface area (Å²) in [5.41, 5.74) is 5.42. The lowest BCUT2D eigenvalue weighted by atomic mass is 10.0. The summed E-state index contributed by atoms with van der Waals surface area (Å²) in [6, 6.07) is 14.1. The molecule has 0 spiro atoms. The Morgan fingerprint density at radius 3 is 2.65 bits per heavy atom. The van der Waals surface area contributed by atoms with Crippen LogP contribution >= 0.6 is 0 Å². The predicted octanol–water partition coefficient (Wildman–Crippen LogP) is 4.56. The smallest absolute Gasteiger partial charge is 0.227 e. The summed E-state index contributed by atoms with van der Waals surface area (Å²) >= 11 is 0. The number of carbonyl (C=O) groups excluding carboxylic acids is 1. The van der Waals surface area contributed by atoms with E-state index >= 15 is 0 Å². The summed E-state index contributed by atoms with van der Waals surface area (Å²) in [7, 11) is 3.51. The van der Waals surface area contributed by atoms with Crippen LogP contribution in [0.3, 0.4) is 0 Å². The van der Waals surface area contributed by atoms with E-state index in [4.69, 9.17) is 4.74 Å². The number of aromatic amines is 1. The van der Waals surface area contributed by atoms with Crippen LogP contribution in [0.2, 0.25) is 0 Å². The molecule has 1 heterocycles. The maximum absolute atomic E-state index is 13.0. The summed E-state index contributed by atoms with van der Waals surface area (Å²) in [6.07, 6.45) is 0.380. The molecule has 0 aliphatic rings. The summed E-state index contributed by atoms with van der Waals surface area (Å²) in [5, 5.41) is 1.13. The lowest BCUT2D eigenvalue weighted by Gasteiger charge is -2.26. The summed E-state index contributed by atoms with van der Waals surface area (Å²) < 4.78 is 5.45. The second-order valence-corrected chi connectivity index (χ2v) is 6.88. The van der Waals surface area contributed by atoms with Gasteiger partial charge in [-0.3, -0.25) is 4.79 Å². The monoisotopic (exact) mass is 350 g/mol. The number of nitrogens with zero attached hydrogens (tertiary/aromatic N) is 1. The zero-order chi connectivity index (χ0) is 18.8. The highest BCUT2D eigenvalue weighted by molar-refractivity contribution is 5.90. The van der Waals surface area contributed by atoms with Gasteiger partial charge in [-0.05, 0) is 44.5 Å². The highest BCUT2D eigenvalue weighted by Gasteiger charge is 2.22. The molecular formula is C22H26N2O2. The maximum atomic E-state index is 13.0. The lowest BCUT2D eigenvalue weighted by molar-refractivity contribution is -0.131. The van der Waals surface area contributed by atoms with Crippen molar-refractivity contribution < 1.29 is 9.53 Å². The van der Waals surface area contributed by atoms with Gasteiger partial charge in [0, 0.05) is 29.2 Å². The van der Waals surface area contributed by atoms with Crippen LogP contribution in [0.15, 0.2) is 42.5 Å². The quantitative estimate of drug-likeness (QED) is 0.733. The lowest BCUT2D eigenvalue weighted by Crippen LogP contribution is -2.31. The van der Waals surface area contributed by atoms with Gasteiger partial charge in [0.25, 0.3) is 0 Å². The molecule has 4 nitrogen and oxygen atoms in total. The molecule has 0 aliphatic carbocycles. The first-order valence-electron chi connectivity index (χ1n) is 8.88. The standard InChI is InChI=1S/C22H26N2O2/c1-14-10-11-20-19(12-14)18(15(2)23-20)13-22(25)24(4)16(3)17-8-6-7-9-21(17)26-5/h6-12,16,23H,13H2,1-5H3. The molecule has 0 saturated carbocycles. The minimum atomic E-state index is -0.0640. The molecule has 0 fully saturated rings. The number of methoxy groups -OCH3 is 1. The summed E-state index contributed by atoms with van der Waals surface area (Å²) in [4.78, 5) is 18.2. The fourth-order valence-electron chi connectivity index (χ4n) is 3.44. The molecule has 3 rings (SSSR count). The zero-order valence-electron chi connectivity index (χ0n) is 16.1. The Morgan fingerprint density at radius 2 is 1.92 bits per heavy atom. The largest absolute Gasteiger partial charge is 0.496 e. The molecule has 3 aromatic rings. The van der Waals surface area contributed by atoms with E-state index in [0.717, 1.165) is 33.5 Å². The van der Waals surface area contributed by atoms with E-state index < -0.39 is 0 Å². The minimum absolute atomic E-state index is 0.0640. The van der Waals surface area contributed by atoms with Crippen molar-refractivity contribution in [1.29, 1.82) is 0 Å². The summed E-state index contributed by atoms with van der Waals surface area (Å²) in [5.74, 6) is 0.896. The van der Waals surface area contributed by atoms with Crippen LogP contribution in [-0.4, -0.2) is 29.9 Å². The number of fused-ring (bicyclic) bond motifs is 1. The Hall–Kier alpha value is -2.75. The number of benzene rings is 2. The Kier molecular flexibility index (Phi) is 5.03. The van der Waals surface area contributed by atoms with Crippen molar-refractivity contribution in [2.24, 2.45) is 0 Å². The number of rotatable bonds is 5. The molecule has 4 heteroatoms. The normalized spacial score (nSPS) is 12.2. The van der Waals surface area contributed by atoms with Crippen LogP contribution in [0, 0.1) is 13.8 Å². The van der Waals surface area contributed by atoms with Crippen molar-refractivity contribution in [1.82, 2.24) is 9.88 Å². The third-order valence-corrected chi connectivity index (χ3v) is 5.17. The van der Waals surface area contributed by atoms with Crippen molar-refractivity contribution >= 4 is 16.8 Å². The van der Waals surface area contributed by atoms with Crippen LogP contribution in [0.5, 0.6) is 5.75 Å². The SMILES string of the molecule is COc1ccccc1C(C)N(C)C(=O)Cc1c(C)[nH]c2ccc(C)cc12. The van der Waals surface area contributed by atoms with E-state index in [0.29, 0.717) is 6.42 Å². The molecule has 1 amide bonds. The highest BCUT2D eigenvalue weighted by atomic mass is 16.5. The van der Waals surface area contributed by atoms with Crippen LogP contribution < -0.4 is 4.74 Å². The molecule has 0 bridgehead atoms. The van der Waals surface area contributed by atoms with Gasteiger partial charge in [0.15, 0.2) is 0 Å². The number of nitrogens with one attached hydrogen (secondary N) is 1. The van der Waals surface area contributed by atoms with Crippen molar-refractivity contribution in [3.8, 4) is 5.75 Å². The van der Waals surface area contributed by atoms with Gasteiger partial charge < -0.3 is 14.6 Å². The molecule has 0 aliphatic heterocycles. The number of carbonyl (C=O) groups is 1. The Bertz CT molecular complexity index is 942. The van der Waals surface area contributed by atoms with Gasteiger partial charge in [0.05, 0.1) is 19.6 Å². The maximum Gasteiger partial charge on any atom is 0.227 e. The van der Waals surface area contributed by atoms with E-state index in [-0.39, 0.29) is 11.9 Å². The Labute approximate surface area is 154 Å². The average Bonchev–Trinajstić information content (AvgIpc) is 2.95. The van der Waals surface area contributed by atoms with Crippen LogP contribution in [0.4, 0.5) is 0 Å². The second kappa shape index (κ2) is 7.24. The van der Waals surface area contributed by atoms with Gasteiger partial charge in [-0.15, -0.1) is 0 Å². The van der Waals surface area contributed by atoms with Gasteiger partial charge in [0.2, 0.25) is 5.91 Å². The molecule has 1 atom stereocenters. The van der Waals surface area contributed by atoms with Crippen LogP contribution in [-0.2, 0) is 11.2 Å². The van der Waals surface area contributed by atoms with E-state index in [2.05, 4.69) is 30.1 Å². The fourth-order valence-corrected chi connectivity index (χ4v) is 3.44. The van der Waals surface area contributed by atoms with Crippen molar-refractivity contribution in [2.75, 3.05) is 14.2 Å². The Balaban J connectivity index is 1.86. The van der Waals surface area contributed by atoms with E-state index in [1.54, 1.807) is 12.0 Å². The third-order valence-electron chi connectivity index (χ3n) is 5.17. The third kappa shape index (κ3) is 3.32. The average molecular weight is 350 g/mol. The molecule has 2 aromatic carbocycles. The van der Waals surface area contributed by atoms with Crippen molar-refractivity contribution in [2.45, 2.75) is 33.2 Å².